The van der Waals surface area contributed by atoms with Crippen LogP contribution < -0.4 is 0 Å². The van der Waals surface area contributed by atoms with Gasteiger partial charge in [0.15, 0.2) is 5.58 Å². The van der Waals surface area contributed by atoms with E-state index in [0.717, 1.165) is 4.47 Å². The Kier molecular flexibility index (Phi) is 2.79. The molecule has 19 heavy (non-hydrogen) atoms. The Bertz CT molecular complexity index is 782. The van der Waals surface area contributed by atoms with Crippen LogP contribution in [-0.4, -0.2) is 21.0 Å². The predicted molar refractivity (Wildman–Crippen MR) is 71.9 cm³/mol. The van der Waals surface area contributed by atoms with E-state index in [0.29, 0.717) is 22.6 Å². The van der Waals surface area contributed by atoms with Crippen molar-refractivity contribution in [2.24, 2.45) is 0 Å². The number of benzene rings is 1. The third kappa shape index (κ3) is 2.10. The largest absolute Gasteiger partial charge is 0.478 e. The number of carboxylic acids is 1. The van der Waals surface area contributed by atoms with Crippen molar-refractivity contribution in [3.05, 3.63) is 46.7 Å². The lowest BCUT2D eigenvalue weighted by molar-refractivity contribution is 0.0699. The molecule has 0 aliphatic carbocycles. The second-order valence-corrected chi connectivity index (χ2v) is 4.78. The zero-order valence-corrected chi connectivity index (χ0v) is 11.1. The molecule has 0 aliphatic heterocycles. The van der Waals surface area contributed by atoms with Crippen LogP contribution in [0.1, 0.15) is 10.4 Å². The molecule has 0 bridgehead atoms. The summed E-state index contributed by atoms with van der Waals surface area (Å²) in [6.07, 6.45) is 3.25. The van der Waals surface area contributed by atoms with E-state index in [2.05, 4.69) is 25.9 Å². The average Bonchev–Trinajstić information content (AvgIpc) is 2.82. The first-order chi connectivity index (χ1) is 9.15. The van der Waals surface area contributed by atoms with E-state index in [9.17, 15) is 4.79 Å². The van der Waals surface area contributed by atoms with Crippen molar-refractivity contribution in [1.29, 1.82) is 0 Å². The number of halogens is 1. The van der Waals surface area contributed by atoms with Gasteiger partial charge in [-0.05, 0) is 34.1 Å². The van der Waals surface area contributed by atoms with E-state index < -0.39 is 5.97 Å². The molecule has 0 saturated heterocycles. The quantitative estimate of drug-likeness (QED) is 0.784. The van der Waals surface area contributed by atoms with Crippen LogP contribution in [0.4, 0.5) is 0 Å². The van der Waals surface area contributed by atoms with Crippen LogP contribution in [0.2, 0.25) is 0 Å². The van der Waals surface area contributed by atoms with Gasteiger partial charge in [0.2, 0.25) is 5.89 Å². The average molecular weight is 319 g/mol. The molecule has 0 radical (unpaired) electrons. The third-order valence-electron chi connectivity index (χ3n) is 2.60. The van der Waals surface area contributed by atoms with Gasteiger partial charge < -0.3 is 9.52 Å². The van der Waals surface area contributed by atoms with E-state index in [1.54, 1.807) is 30.6 Å². The summed E-state index contributed by atoms with van der Waals surface area (Å²) in [5.41, 5.74) is 1.58. The summed E-state index contributed by atoms with van der Waals surface area (Å²) in [6.45, 7) is 0. The molecule has 0 unspecified atom stereocenters. The highest BCUT2D eigenvalue weighted by Gasteiger charge is 2.15. The fourth-order valence-corrected chi connectivity index (χ4v) is 2.14. The SMILES string of the molecule is O=C(O)c1cccc2oc(-c3cncc(Br)c3)nc12. The topological polar surface area (TPSA) is 76.2 Å². The summed E-state index contributed by atoms with van der Waals surface area (Å²) >= 11 is 3.31. The van der Waals surface area contributed by atoms with E-state index >= 15 is 0 Å². The normalized spacial score (nSPS) is 10.8. The first kappa shape index (κ1) is 11.9. The zero-order valence-electron chi connectivity index (χ0n) is 9.50. The Morgan fingerprint density at radius 2 is 2.16 bits per heavy atom. The molecule has 2 heterocycles. The summed E-state index contributed by atoms with van der Waals surface area (Å²) in [5.74, 6) is -0.685. The molecule has 2 aromatic heterocycles. The van der Waals surface area contributed by atoms with Gasteiger partial charge in [-0.1, -0.05) is 6.07 Å². The van der Waals surface area contributed by atoms with Gasteiger partial charge in [-0.2, -0.15) is 0 Å². The fourth-order valence-electron chi connectivity index (χ4n) is 1.77. The number of rotatable bonds is 2. The maximum absolute atomic E-state index is 11.1. The van der Waals surface area contributed by atoms with Crippen molar-refractivity contribution >= 4 is 33.0 Å². The summed E-state index contributed by atoms with van der Waals surface area (Å²) in [7, 11) is 0. The molecule has 0 saturated carbocycles. The van der Waals surface area contributed by atoms with Gasteiger partial charge in [0.25, 0.3) is 0 Å². The second kappa shape index (κ2) is 4.47. The number of pyridine rings is 1. The maximum atomic E-state index is 11.1. The van der Waals surface area contributed by atoms with E-state index in [-0.39, 0.29) is 5.56 Å². The van der Waals surface area contributed by atoms with Crippen LogP contribution in [0, 0.1) is 0 Å². The van der Waals surface area contributed by atoms with Gasteiger partial charge in [-0.15, -0.1) is 0 Å². The van der Waals surface area contributed by atoms with Crippen molar-refractivity contribution < 1.29 is 14.3 Å². The predicted octanol–water partition coefficient (Wildman–Crippen LogP) is 3.35. The number of nitrogens with zero attached hydrogens (tertiary/aromatic N) is 2. The number of aromatic nitrogens is 2. The van der Waals surface area contributed by atoms with Gasteiger partial charge in [0.05, 0.1) is 11.1 Å². The van der Waals surface area contributed by atoms with Crippen LogP contribution >= 0.6 is 15.9 Å². The molecule has 0 aliphatic rings. The highest BCUT2D eigenvalue weighted by Crippen LogP contribution is 2.27. The van der Waals surface area contributed by atoms with E-state index in [1.165, 1.54) is 6.07 Å². The zero-order chi connectivity index (χ0) is 13.4. The van der Waals surface area contributed by atoms with Gasteiger partial charge in [-0.3, -0.25) is 4.98 Å². The molecule has 0 amide bonds. The number of hydrogen-bond acceptors (Lipinski definition) is 4. The van der Waals surface area contributed by atoms with Gasteiger partial charge in [0.1, 0.15) is 5.52 Å². The Balaban J connectivity index is 2.22. The lowest BCUT2D eigenvalue weighted by Crippen LogP contribution is -1.96. The minimum atomic E-state index is -1.03. The van der Waals surface area contributed by atoms with Crippen LogP contribution in [0.5, 0.6) is 0 Å². The smallest absolute Gasteiger partial charge is 0.338 e. The summed E-state index contributed by atoms with van der Waals surface area (Å²) in [4.78, 5) is 19.4. The Morgan fingerprint density at radius 3 is 2.89 bits per heavy atom. The van der Waals surface area contributed by atoms with Crippen molar-refractivity contribution in [3.63, 3.8) is 0 Å². The molecule has 3 rings (SSSR count). The van der Waals surface area contributed by atoms with Crippen LogP contribution in [-0.2, 0) is 0 Å². The van der Waals surface area contributed by atoms with Crippen LogP contribution in [0.25, 0.3) is 22.6 Å². The first-order valence-corrected chi connectivity index (χ1v) is 6.18. The van der Waals surface area contributed by atoms with Crippen molar-refractivity contribution in [3.8, 4) is 11.5 Å². The highest BCUT2D eigenvalue weighted by molar-refractivity contribution is 9.10. The van der Waals surface area contributed by atoms with Crippen molar-refractivity contribution in [2.75, 3.05) is 0 Å². The van der Waals surface area contributed by atoms with Crippen molar-refractivity contribution in [2.45, 2.75) is 0 Å². The summed E-state index contributed by atoms with van der Waals surface area (Å²) in [5, 5.41) is 9.11. The molecule has 6 heteroatoms. The Morgan fingerprint density at radius 1 is 1.32 bits per heavy atom. The van der Waals surface area contributed by atoms with Gasteiger partial charge in [-0.25, -0.2) is 9.78 Å². The number of carbonyl (C=O) groups is 1. The number of carboxylic acid groups (broad SMARTS) is 1. The number of para-hydroxylation sites is 1. The molecule has 1 N–H and O–H groups in total. The van der Waals surface area contributed by atoms with Gasteiger partial charge in [0, 0.05) is 16.9 Å². The molecular formula is C13H7BrN2O3. The minimum Gasteiger partial charge on any atom is -0.478 e. The monoisotopic (exact) mass is 318 g/mol. The Labute approximate surface area is 116 Å². The van der Waals surface area contributed by atoms with Gasteiger partial charge >= 0.3 is 5.97 Å². The van der Waals surface area contributed by atoms with E-state index in [4.69, 9.17) is 9.52 Å². The summed E-state index contributed by atoms with van der Waals surface area (Å²) < 4.78 is 6.36. The molecule has 1 aromatic carbocycles. The molecule has 0 atom stereocenters. The number of aromatic carboxylic acids is 1. The third-order valence-corrected chi connectivity index (χ3v) is 3.03. The Hall–Kier alpha value is -2.21. The van der Waals surface area contributed by atoms with Crippen LogP contribution in [0.3, 0.4) is 0 Å². The van der Waals surface area contributed by atoms with Crippen LogP contribution in [0.15, 0.2) is 45.5 Å². The standard InChI is InChI=1S/C13H7BrN2O3/c14-8-4-7(5-15-6-8)12-16-11-9(13(17)18)2-1-3-10(11)19-12/h1-6H,(H,17,18). The highest BCUT2D eigenvalue weighted by atomic mass is 79.9. The molecule has 5 nitrogen and oxygen atoms in total. The maximum Gasteiger partial charge on any atom is 0.338 e. The molecule has 94 valence electrons. The molecular weight excluding hydrogens is 312 g/mol. The van der Waals surface area contributed by atoms with E-state index in [1.807, 2.05) is 0 Å². The lowest BCUT2D eigenvalue weighted by Gasteiger charge is -1.94. The van der Waals surface area contributed by atoms with Crippen molar-refractivity contribution in [1.82, 2.24) is 9.97 Å². The first-order valence-electron chi connectivity index (χ1n) is 5.39. The molecule has 3 aromatic rings. The summed E-state index contributed by atoms with van der Waals surface area (Å²) in [6, 6.07) is 6.61. The minimum absolute atomic E-state index is 0.121. The molecule has 0 fully saturated rings. The lowest BCUT2D eigenvalue weighted by atomic mass is 10.2. The number of hydrogen-bond donors (Lipinski definition) is 1. The number of oxazole rings is 1. The fraction of sp³-hybridized carbons (Fsp3) is 0. The molecule has 0 spiro atoms. The second-order valence-electron chi connectivity index (χ2n) is 3.87. The number of fused-ring (bicyclic) bond motifs is 1.